The fraction of sp³-hybridized carbons (Fsp3) is 0.846. The van der Waals surface area contributed by atoms with Gasteiger partial charge in [0.1, 0.15) is 6.04 Å². The molecule has 0 aromatic heterocycles. The molecule has 0 aliphatic carbocycles. The predicted octanol–water partition coefficient (Wildman–Crippen LogP) is 0.0553. The number of esters is 1. The van der Waals surface area contributed by atoms with Crippen LogP contribution in [0, 0.1) is 5.92 Å². The molecule has 9 heteroatoms. The van der Waals surface area contributed by atoms with Crippen molar-refractivity contribution < 1.29 is 27.9 Å². The maximum absolute atomic E-state index is 12.6. The van der Waals surface area contributed by atoms with Gasteiger partial charge in [0.15, 0.2) is 0 Å². The molecule has 2 aliphatic heterocycles. The number of nitrogens with zero attached hydrogens (tertiary/aromatic N) is 2. The van der Waals surface area contributed by atoms with Crippen LogP contribution in [0.3, 0.4) is 0 Å². The lowest BCUT2D eigenvalue weighted by atomic mass is 9.98. The highest BCUT2D eigenvalue weighted by molar-refractivity contribution is 7.86. The maximum atomic E-state index is 12.6. The average molecular weight is 334 g/mol. The van der Waals surface area contributed by atoms with Crippen LogP contribution in [-0.4, -0.2) is 66.4 Å². The molecule has 0 bridgehead atoms. The molecule has 0 saturated carbocycles. The first-order valence-corrected chi connectivity index (χ1v) is 8.94. The van der Waals surface area contributed by atoms with Gasteiger partial charge in [-0.25, -0.2) is 0 Å². The average Bonchev–Trinajstić information content (AvgIpc) is 2.98. The molecule has 0 aromatic carbocycles. The van der Waals surface area contributed by atoms with Crippen molar-refractivity contribution >= 4 is 22.1 Å². The molecular weight excluding hydrogens is 312 g/mol. The van der Waals surface area contributed by atoms with E-state index >= 15 is 0 Å². The summed E-state index contributed by atoms with van der Waals surface area (Å²) in [7, 11) is -3.78. The van der Waals surface area contributed by atoms with Gasteiger partial charge in [0, 0.05) is 19.6 Å². The molecule has 0 radical (unpaired) electrons. The minimum atomic E-state index is -3.78. The molecule has 2 aliphatic rings. The van der Waals surface area contributed by atoms with Gasteiger partial charge in [-0.2, -0.15) is 17.0 Å². The quantitative estimate of drug-likeness (QED) is 0.713. The lowest BCUT2D eigenvalue weighted by Crippen LogP contribution is -2.51. The van der Waals surface area contributed by atoms with Crippen LogP contribution < -0.4 is 0 Å². The van der Waals surface area contributed by atoms with E-state index in [4.69, 9.17) is 9.84 Å². The lowest BCUT2D eigenvalue weighted by Gasteiger charge is -2.34. The molecule has 0 aromatic rings. The third-order valence-electron chi connectivity index (χ3n) is 4.19. The van der Waals surface area contributed by atoms with Gasteiger partial charge < -0.3 is 9.84 Å². The molecule has 22 heavy (non-hydrogen) atoms. The van der Waals surface area contributed by atoms with Crippen molar-refractivity contribution in [1.82, 2.24) is 8.61 Å². The third kappa shape index (κ3) is 3.41. The molecule has 1 N–H and O–H groups in total. The van der Waals surface area contributed by atoms with E-state index in [2.05, 4.69) is 0 Å². The number of carboxylic acid groups (broad SMARTS) is 1. The van der Waals surface area contributed by atoms with Crippen LogP contribution in [0.5, 0.6) is 0 Å². The van der Waals surface area contributed by atoms with Gasteiger partial charge in [-0.1, -0.05) is 0 Å². The van der Waals surface area contributed by atoms with Crippen LogP contribution >= 0.6 is 0 Å². The van der Waals surface area contributed by atoms with Crippen molar-refractivity contribution in [3.63, 3.8) is 0 Å². The Labute approximate surface area is 130 Å². The number of hydrogen-bond acceptors (Lipinski definition) is 5. The Kier molecular flexibility index (Phi) is 5.41. The van der Waals surface area contributed by atoms with Crippen LogP contribution in [0.4, 0.5) is 0 Å². The third-order valence-corrected chi connectivity index (χ3v) is 6.23. The molecule has 2 rings (SSSR count). The number of piperidine rings is 1. The SMILES string of the molecule is CCOC(=O)C1CCN(S(=O)(=O)N2CCCC2C(=O)O)CC1. The molecule has 0 spiro atoms. The normalized spacial score (nSPS) is 25.2. The second-order valence-corrected chi connectivity index (χ2v) is 7.42. The van der Waals surface area contributed by atoms with Crippen LogP contribution in [0.1, 0.15) is 32.6 Å². The van der Waals surface area contributed by atoms with Crippen LogP contribution in [0.15, 0.2) is 0 Å². The van der Waals surface area contributed by atoms with Crippen LogP contribution in [0.25, 0.3) is 0 Å². The summed E-state index contributed by atoms with van der Waals surface area (Å²) < 4.78 is 32.5. The molecule has 2 fully saturated rings. The Hall–Kier alpha value is -1.19. The van der Waals surface area contributed by atoms with Gasteiger partial charge in [0.2, 0.25) is 0 Å². The molecule has 2 saturated heterocycles. The van der Waals surface area contributed by atoms with E-state index in [1.54, 1.807) is 6.92 Å². The first kappa shape index (κ1) is 17.2. The van der Waals surface area contributed by atoms with Crippen molar-refractivity contribution in [2.75, 3.05) is 26.2 Å². The van der Waals surface area contributed by atoms with Gasteiger partial charge in [-0.15, -0.1) is 0 Å². The van der Waals surface area contributed by atoms with Crippen molar-refractivity contribution in [3.8, 4) is 0 Å². The van der Waals surface area contributed by atoms with E-state index in [1.807, 2.05) is 0 Å². The van der Waals surface area contributed by atoms with Gasteiger partial charge in [0.25, 0.3) is 10.2 Å². The summed E-state index contributed by atoms with van der Waals surface area (Å²) >= 11 is 0. The van der Waals surface area contributed by atoms with E-state index in [0.29, 0.717) is 32.3 Å². The zero-order valence-electron chi connectivity index (χ0n) is 12.6. The van der Waals surface area contributed by atoms with Crippen LogP contribution in [0.2, 0.25) is 0 Å². The summed E-state index contributed by atoms with van der Waals surface area (Å²) in [4.78, 5) is 22.8. The minimum absolute atomic E-state index is 0.217. The molecule has 1 atom stereocenters. The standard InChI is InChI=1S/C13H22N2O6S/c1-2-21-13(18)10-5-8-14(9-6-10)22(19,20)15-7-3-4-11(15)12(16)17/h10-11H,2-9H2,1H3,(H,16,17). The molecule has 0 amide bonds. The lowest BCUT2D eigenvalue weighted by molar-refractivity contribution is -0.149. The highest BCUT2D eigenvalue weighted by Gasteiger charge is 2.43. The number of rotatable bonds is 5. The number of carboxylic acids is 1. The number of ether oxygens (including phenoxy) is 1. The molecule has 8 nitrogen and oxygen atoms in total. The monoisotopic (exact) mass is 334 g/mol. The molecule has 1 unspecified atom stereocenters. The van der Waals surface area contributed by atoms with E-state index in [1.165, 1.54) is 4.31 Å². The fourth-order valence-electron chi connectivity index (χ4n) is 2.99. The van der Waals surface area contributed by atoms with E-state index < -0.39 is 22.2 Å². The van der Waals surface area contributed by atoms with E-state index in [9.17, 15) is 18.0 Å². The zero-order valence-corrected chi connectivity index (χ0v) is 13.4. The maximum Gasteiger partial charge on any atom is 0.322 e. The molecule has 126 valence electrons. The predicted molar refractivity (Wildman–Crippen MR) is 77.2 cm³/mol. The Morgan fingerprint density at radius 1 is 1.18 bits per heavy atom. The Bertz CT molecular complexity index is 527. The number of carbonyl (C=O) groups excluding carboxylic acids is 1. The van der Waals surface area contributed by atoms with Crippen molar-refractivity contribution in [3.05, 3.63) is 0 Å². The van der Waals surface area contributed by atoms with Crippen molar-refractivity contribution in [2.24, 2.45) is 5.92 Å². The number of hydrogen-bond donors (Lipinski definition) is 1. The topological polar surface area (TPSA) is 104 Å². The van der Waals surface area contributed by atoms with Gasteiger partial charge in [-0.3, -0.25) is 9.59 Å². The van der Waals surface area contributed by atoms with Crippen LogP contribution in [-0.2, 0) is 24.5 Å². The minimum Gasteiger partial charge on any atom is -0.480 e. The zero-order chi connectivity index (χ0) is 16.3. The summed E-state index contributed by atoms with van der Waals surface area (Å²) in [6.07, 6.45) is 1.70. The fourth-order valence-corrected chi connectivity index (χ4v) is 4.84. The first-order chi connectivity index (χ1) is 10.4. The second kappa shape index (κ2) is 6.93. The summed E-state index contributed by atoms with van der Waals surface area (Å²) in [6, 6.07) is -0.979. The highest BCUT2D eigenvalue weighted by atomic mass is 32.2. The second-order valence-electron chi connectivity index (χ2n) is 5.54. The van der Waals surface area contributed by atoms with Gasteiger partial charge >= 0.3 is 11.9 Å². The first-order valence-electron chi connectivity index (χ1n) is 7.54. The summed E-state index contributed by atoms with van der Waals surface area (Å²) in [5.41, 5.74) is 0. The van der Waals surface area contributed by atoms with Crippen molar-refractivity contribution in [2.45, 2.75) is 38.6 Å². The molecule has 2 heterocycles. The largest absolute Gasteiger partial charge is 0.480 e. The van der Waals surface area contributed by atoms with E-state index in [0.717, 1.165) is 4.31 Å². The Balaban J connectivity index is 2.00. The van der Waals surface area contributed by atoms with E-state index in [-0.39, 0.29) is 31.5 Å². The summed E-state index contributed by atoms with van der Waals surface area (Å²) in [6.45, 7) is 2.71. The summed E-state index contributed by atoms with van der Waals surface area (Å²) in [5.74, 6) is -1.67. The van der Waals surface area contributed by atoms with Crippen molar-refractivity contribution in [1.29, 1.82) is 0 Å². The van der Waals surface area contributed by atoms with Gasteiger partial charge in [0.05, 0.1) is 12.5 Å². The smallest absolute Gasteiger partial charge is 0.322 e. The number of aliphatic carboxylic acids is 1. The highest BCUT2D eigenvalue weighted by Crippen LogP contribution is 2.27. The summed E-state index contributed by atoms with van der Waals surface area (Å²) in [5, 5.41) is 9.13. The molecular formula is C13H22N2O6S. The Morgan fingerprint density at radius 3 is 2.36 bits per heavy atom. The Morgan fingerprint density at radius 2 is 1.82 bits per heavy atom. The number of carbonyl (C=O) groups is 2. The van der Waals surface area contributed by atoms with Gasteiger partial charge in [-0.05, 0) is 32.6 Å².